The number of nitrogens with zero attached hydrogens (tertiary/aromatic N) is 4. The Balaban J connectivity index is 1.73. The number of likely N-dealkylation sites (tertiary alicyclic amines) is 1. The van der Waals surface area contributed by atoms with Gasteiger partial charge in [0.05, 0.1) is 4.90 Å². The molecule has 1 saturated heterocycles. The summed E-state index contributed by atoms with van der Waals surface area (Å²) in [5.41, 5.74) is 1.03. The van der Waals surface area contributed by atoms with E-state index in [-0.39, 0.29) is 11.6 Å². The number of sulfone groups is 1. The number of rotatable bonds is 5. The zero-order chi connectivity index (χ0) is 18.9. The molecule has 1 aromatic heterocycles. The van der Waals surface area contributed by atoms with Crippen molar-refractivity contribution >= 4 is 9.84 Å². The number of piperidine rings is 1. The highest BCUT2D eigenvalue weighted by atomic mass is 32.2. The van der Waals surface area contributed by atoms with Gasteiger partial charge in [-0.1, -0.05) is 12.1 Å². The first-order chi connectivity index (χ1) is 12.3. The van der Waals surface area contributed by atoms with E-state index in [2.05, 4.69) is 10.00 Å². The molecule has 2 heterocycles. The molecule has 7 nitrogen and oxygen atoms in total. The van der Waals surface area contributed by atoms with Gasteiger partial charge in [-0.15, -0.1) is 0 Å². The van der Waals surface area contributed by atoms with Gasteiger partial charge in [0.2, 0.25) is 0 Å². The molecular formula is C18H26N4O3S. The summed E-state index contributed by atoms with van der Waals surface area (Å²) in [5, 5.41) is 4.46. The summed E-state index contributed by atoms with van der Waals surface area (Å²) in [4.78, 5) is 14.8. The molecule has 1 aliphatic heterocycles. The first kappa shape index (κ1) is 18.8. The largest absolute Gasteiger partial charge is 0.345 e. The highest BCUT2D eigenvalue weighted by Gasteiger charge is 2.26. The van der Waals surface area contributed by atoms with E-state index in [1.165, 1.54) is 10.9 Å². The molecule has 2 aromatic rings. The van der Waals surface area contributed by atoms with Crippen molar-refractivity contribution in [1.82, 2.24) is 19.2 Å². The minimum Gasteiger partial charge on any atom is -0.298 e. The van der Waals surface area contributed by atoms with Gasteiger partial charge < -0.3 is 0 Å². The van der Waals surface area contributed by atoms with E-state index in [9.17, 15) is 13.2 Å². The van der Waals surface area contributed by atoms with Crippen LogP contribution in [0.3, 0.4) is 0 Å². The van der Waals surface area contributed by atoms with Crippen LogP contribution in [0, 0.1) is 0 Å². The summed E-state index contributed by atoms with van der Waals surface area (Å²) < 4.78 is 26.3. The van der Waals surface area contributed by atoms with Gasteiger partial charge in [-0.2, -0.15) is 5.10 Å². The maximum Gasteiger partial charge on any atom is 0.345 e. The molecule has 8 heteroatoms. The van der Waals surface area contributed by atoms with Gasteiger partial charge in [-0.05, 0) is 44.0 Å². The molecule has 0 aliphatic carbocycles. The lowest BCUT2D eigenvalue weighted by Gasteiger charge is -2.32. The Morgan fingerprint density at radius 3 is 2.54 bits per heavy atom. The second-order valence-corrected chi connectivity index (χ2v) is 9.01. The molecule has 26 heavy (non-hydrogen) atoms. The van der Waals surface area contributed by atoms with Crippen LogP contribution >= 0.6 is 0 Å². The highest BCUT2D eigenvalue weighted by molar-refractivity contribution is 7.90. The highest BCUT2D eigenvalue weighted by Crippen LogP contribution is 2.26. The minimum absolute atomic E-state index is 0.0593. The summed E-state index contributed by atoms with van der Waals surface area (Å²) in [7, 11) is -1.47. The third kappa shape index (κ3) is 3.91. The Labute approximate surface area is 154 Å². The van der Waals surface area contributed by atoms with Gasteiger partial charge in [0.15, 0.2) is 9.84 Å². The van der Waals surface area contributed by atoms with Gasteiger partial charge in [0, 0.05) is 38.9 Å². The number of aryl methyl sites for hydroxylation is 1. The van der Waals surface area contributed by atoms with E-state index in [4.69, 9.17) is 0 Å². The predicted octanol–water partition coefficient (Wildman–Crippen LogP) is 1.38. The van der Waals surface area contributed by atoms with Crippen molar-refractivity contribution in [2.45, 2.75) is 43.7 Å². The molecule has 0 unspecified atom stereocenters. The van der Waals surface area contributed by atoms with E-state index >= 15 is 0 Å². The van der Waals surface area contributed by atoms with Gasteiger partial charge in [0.1, 0.15) is 5.82 Å². The summed E-state index contributed by atoms with van der Waals surface area (Å²) in [5.74, 6) is 1.12. The van der Waals surface area contributed by atoms with E-state index in [1.54, 1.807) is 23.7 Å². The Morgan fingerprint density at radius 1 is 1.23 bits per heavy atom. The van der Waals surface area contributed by atoms with Gasteiger partial charge in [-0.25, -0.2) is 17.9 Å². The van der Waals surface area contributed by atoms with Crippen LogP contribution in [0.1, 0.15) is 37.1 Å². The number of benzene rings is 1. The zero-order valence-electron chi connectivity index (χ0n) is 15.6. The Hall–Kier alpha value is -1.93. The van der Waals surface area contributed by atoms with Crippen molar-refractivity contribution in [3.8, 4) is 0 Å². The molecule has 3 rings (SSSR count). The lowest BCUT2D eigenvalue weighted by molar-refractivity contribution is 0.194. The summed E-state index contributed by atoms with van der Waals surface area (Å²) >= 11 is 0. The quantitative estimate of drug-likeness (QED) is 0.786. The molecule has 0 bridgehead atoms. The molecule has 1 aliphatic rings. The van der Waals surface area contributed by atoms with E-state index in [0.29, 0.717) is 11.4 Å². The van der Waals surface area contributed by atoms with Crippen LogP contribution < -0.4 is 5.69 Å². The van der Waals surface area contributed by atoms with Crippen LogP contribution in [-0.2, 0) is 30.0 Å². The SMILES string of the molecule is CCn1c([C@H]2CCCN(Cc3ccc(S(C)(=O)=O)cc3)C2)nn(C)c1=O. The Bertz CT molecular complexity index is 928. The van der Waals surface area contributed by atoms with Crippen LogP contribution in [0.2, 0.25) is 0 Å². The van der Waals surface area contributed by atoms with Crippen molar-refractivity contribution in [1.29, 1.82) is 0 Å². The van der Waals surface area contributed by atoms with Crippen molar-refractivity contribution in [3.63, 3.8) is 0 Å². The van der Waals surface area contributed by atoms with Crippen molar-refractivity contribution < 1.29 is 8.42 Å². The Morgan fingerprint density at radius 2 is 1.92 bits per heavy atom. The average molecular weight is 378 g/mol. The second-order valence-electron chi connectivity index (χ2n) is 7.00. The fourth-order valence-corrected chi connectivity index (χ4v) is 4.26. The number of hydrogen-bond donors (Lipinski definition) is 0. The Kier molecular flexibility index (Phi) is 5.34. The van der Waals surface area contributed by atoms with Crippen molar-refractivity contribution in [2.24, 2.45) is 7.05 Å². The van der Waals surface area contributed by atoms with Crippen LogP contribution in [0.4, 0.5) is 0 Å². The molecule has 1 aromatic carbocycles. The maximum atomic E-state index is 12.1. The summed E-state index contributed by atoms with van der Waals surface area (Å²) in [6, 6.07) is 7.09. The standard InChI is InChI=1S/C18H26N4O3S/c1-4-22-17(19-20(2)18(22)23)15-6-5-11-21(13-15)12-14-7-9-16(10-8-14)26(3,24)25/h7-10,15H,4-6,11-13H2,1-3H3/t15-/m0/s1. The maximum absolute atomic E-state index is 12.1. The van der Waals surface area contributed by atoms with Crippen LogP contribution in [0.15, 0.2) is 34.0 Å². The van der Waals surface area contributed by atoms with Crippen molar-refractivity contribution in [2.75, 3.05) is 19.3 Å². The van der Waals surface area contributed by atoms with Gasteiger partial charge >= 0.3 is 5.69 Å². The minimum atomic E-state index is -3.16. The molecule has 1 atom stereocenters. The molecule has 0 spiro atoms. The molecular weight excluding hydrogens is 352 g/mol. The first-order valence-electron chi connectivity index (χ1n) is 8.94. The van der Waals surface area contributed by atoms with Crippen molar-refractivity contribution in [3.05, 3.63) is 46.1 Å². The van der Waals surface area contributed by atoms with Crippen LogP contribution in [0.5, 0.6) is 0 Å². The predicted molar refractivity (Wildman–Crippen MR) is 99.9 cm³/mol. The summed E-state index contributed by atoms with van der Waals surface area (Å²) in [6.07, 6.45) is 3.30. The molecule has 142 valence electrons. The molecule has 0 amide bonds. The molecule has 0 N–H and O–H groups in total. The first-order valence-corrected chi connectivity index (χ1v) is 10.8. The molecule has 0 radical (unpaired) electrons. The van der Waals surface area contributed by atoms with Gasteiger partial charge in [-0.3, -0.25) is 9.47 Å². The molecule has 0 saturated carbocycles. The van der Waals surface area contributed by atoms with Crippen LogP contribution in [0.25, 0.3) is 0 Å². The third-order valence-corrected chi connectivity index (χ3v) is 6.11. The third-order valence-electron chi connectivity index (χ3n) is 4.98. The van der Waals surface area contributed by atoms with E-state index in [0.717, 1.165) is 43.9 Å². The smallest absolute Gasteiger partial charge is 0.298 e. The number of hydrogen-bond acceptors (Lipinski definition) is 5. The van der Waals surface area contributed by atoms with E-state index in [1.807, 2.05) is 19.1 Å². The summed E-state index contributed by atoms with van der Waals surface area (Å²) in [6.45, 7) is 5.21. The van der Waals surface area contributed by atoms with E-state index < -0.39 is 9.84 Å². The zero-order valence-corrected chi connectivity index (χ0v) is 16.4. The second kappa shape index (κ2) is 7.36. The fraction of sp³-hybridized carbons (Fsp3) is 0.556. The topological polar surface area (TPSA) is 77.2 Å². The molecule has 1 fully saturated rings. The van der Waals surface area contributed by atoms with Crippen LogP contribution in [-0.4, -0.2) is 47.0 Å². The number of aromatic nitrogens is 3. The normalized spacial score (nSPS) is 19.0. The lowest BCUT2D eigenvalue weighted by atomic mass is 9.96. The lowest BCUT2D eigenvalue weighted by Crippen LogP contribution is -2.35. The van der Waals surface area contributed by atoms with Gasteiger partial charge in [0.25, 0.3) is 0 Å². The monoisotopic (exact) mass is 378 g/mol. The fourth-order valence-electron chi connectivity index (χ4n) is 3.63. The average Bonchev–Trinajstić information content (AvgIpc) is 2.89.